The van der Waals surface area contributed by atoms with Crippen molar-refractivity contribution >= 4 is 140 Å². The van der Waals surface area contributed by atoms with E-state index in [-0.39, 0.29) is 101 Å². The Bertz CT molecular complexity index is 5000. The number of unbranched alkanes of at least 4 members (excludes halogenated alkanes) is 2. The number of fused-ring (bicyclic) bond motifs is 3. The van der Waals surface area contributed by atoms with E-state index in [0.29, 0.717) is 69.9 Å². The summed E-state index contributed by atoms with van der Waals surface area (Å²) < 4.78 is 0. The number of carbonyl (C=O) groups excluding carboxylic acids is 17. The van der Waals surface area contributed by atoms with Crippen molar-refractivity contribution in [2.45, 2.75) is 229 Å². The number of nitrogens with zero attached hydrogens (tertiary/aromatic N) is 5. The summed E-state index contributed by atoms with van der Waals surface area (Å²) in [5.41, 5.74) is 20.2. The van der Waals surface area contributed by atoms with Gasteiger partial charge in [-0.15, -0.1) is 11.8 Å². The first kappa shape index (κ1) is 103. The van der Waals surface area contributed by atoms with Crippen LogP contribution in [0.1, 0.15) is 160 Å². The number of aromatic nitrogens is 4. The third-order valence-corrected chi connectivity index (χ3v) is 24.5. The Balaban J connectivity index is 1.17. The molecule has 2 saturated heterocycles. The second kappa shape index (κ2) is 50.9. The fourth-order valence-electron chi connectivity index (χ4n) is 16.3. The number of aliphatic hydroxyl groups is 1. The van der Waals surface area contributed by atoms with Gasteiger partial charge in [0.05, 0.1) is 55.7 Å². The summed E-state index contributed by atoms with van der Waals surface area (Å²) >= 11 is 0.852. The Kier molecular flexibility index (Phi) is 40.2. The van der Waals surface area contributed by atoms with Gasteiger partial charge in [0.2, 0.25) is 82.7 Å². The number of hydrogen-bond acceptors (Lipinski definition) is 21. The molecule has 0 saturated carbocycles. The number of nitrogens with two attached hydrogens (primary N) is 3. The second-order valence-corrected chi connectivity index (χ2v) is 35.2. The molecule has 6 aromatic rings. The Morgan fingerprint density at radius 2 is 1.13 bits per heavy atom. The SMILES string of the molecule is CCCC[C@H]1C(=O)N(C)[C@@H](CCCC)C(=O)C[C@@H](CCCNC(=N)N)C(=O)N[C@H](C(=O)CCC(N)=O)CSCC(=O)N[C@@H](Cc2ccccc2)C(=O)N[C@@H](C)C(=O)N[C@@H](CC(N)=O)C(=O)N2CCC[C@H]2C(=O)C[C@@H](Cc2cnc[nH]2)C(=O)N[C@@H](CC(C)C)C(=O)N(C)CC(=O)N[C@@H](Cc2c[nH]c3ccccc23)C(=O)N[C@@H](CO)C(=O)N[C@@H](Cc2c[nH]c3ccccc23)C(=O)N1C. The largest absolute Gasteiger partial charge is 0.394 e. The minimum Gasteiger partial charge on any atom is -0.394 e. The van der Waals surface area contributed by atoms with Crippen LogP contribution in [0.4, 0.5) is 0 Å². The molecule has 20 N–H and O–H groups in total. The van der Waals surface area contributed by atoms with Crippen molar-refractivity contribution in [3.8, 4) is 0 Å². The minimum atomic E-state index is -1.83. The maximum Gasteiger partial charge on any atom is 0.246 e. The number of primary amides is 2. The van der Waals surface area contributed by atoms with Crippen LogP contribution in [0.25, 0.3) is 21.8 Å². The second-order valence-electron chi connectivity index (χ2n) is 34.1. The number of thioether (sulfide) groups is 1. The predicted octanol–water partition coefficient (Wildman–Crippen LogP) is 0.934. The lowest BCUT2D eigenvalue weighted by molar-refractivity contribution is -0.149. The highest BCUT2D eigenvalue weighted by atomic mass is 32.2. The molecule has 0 spiro atoms. The van der Waals surface area contributed by atoms with E-state index in [1.54, 1.807) is 105 Å². The van der Waals surface area contributed by atoms with Gasteiger partial charge in [-0.05, 0) is 86.6 Å². The highest BCUT2D eigenvalue weighted by Crippen LogP contribution is 2.29. The van der Waals surface area contributed by atoms with Gasteiger partial charge in [0.25, 0.3) is 0 Å². The molecule has 710 valence electrons. The van der Waals surface area contributed by atoms with Gasteiger partial charge in [-0.2, -0.15) is 0 Å². The molecule has 5 heterocycles. The molecule has 3 aromatic heterocycles. The monoisotopic (exact) mass is 1830 g/mol. The van der Waals surface area contributed by atoms with Gasteiger partial charge in [0, 0.05) is 143 Å². The summed E-state index contributed by atoms with van der Waals surface area (Å²) in [4.78, 5) is 266. The fraction of sp³-hybridized carbons (Fsp3) is 0.527. The highest BCUT2D eigenvalue weighted by Gasteiger charge is 2.44. The molecule has 0 bridgehead atoms. The van der Waals surface area contributed by atoms with Crippen LogP contribution >= 0.6 is 11.8 Å². The van der Waals surface area contributed by atoms with Crippen LogP contribution in [-0.4, -0.2) is 276 Å². The minimum absolute atomic E-state index is 0.00605. The molecular formula is C91H127N21O18S. The van der Waals surface area contributed by atoms with Crippen molar-refractivity contribution in [2.24, 2.45) is 35.0 Å². The summed E-state index contributed by atoms with van der Waals surface area (Å²) in [7, 11) is 4.08. The number of benzene rings is 3. The summed E-state index contributed by atoms with van der Waals surface area (Å²) in [6.07, 6.45) is 4.90. The lowest BCUT2D eigenvalue weighted by Crippen LogP contribution is -2.60. The van der Waals surface area contributed by atoms with Crippen LogP contribution < -0.4 is 65.1 Å². The van der Waals surface area contributed by atoms with Crippen molar-refractivity contribution in [3.05, 3.63) is 126 Å². The number of ketones is 3. The number of rotatable bonds is 27. The van der Waals surface area contributed by atoms with Crippen molar-refractivity contribution in [3.63, 3.8) is 0 Å². The highest BCUT2D eigenvalue weighted by molar-refractivity contribution is 8.00. The number of para-hydroxylation sites is 2. The number of amides is 14. The molecule has 0 radical (unpaired) electrons. The fourth-order valence-corrected chi connectivity index (χ4v) is 17.2. The van der Waals surface area contributed by atoms with Crippen molar-refractivity contribution < 1.29 is 86.6 Å². The Morgan fingerprint density at radius 1 is 0.565 bits per heavy atom. The molecular weight excluding hydrogens is 1710 g/mol. The molecule has 0 aliphatic carbocycles. The number of imidazole rings is 1. The normalized spacial score (nSPS) is 23.7. The van der Waals surface area contributed by atoms with Crippen molar-refractivity contribution in [1.29, 1.82) is 5.41 Å². The van der Waals surface area contributed by atoms with E-state index in [4.69, 9.17) is 22.6 Å². The quantitative estimate of drug-likeness (QED) is 0.0194. The molecule has 3 aromatic carbocycles. The molecule has 39 nitrogen and oxygen atoms in total. The average molecular weight is 1840 g/mol. The van der Waals surface area contributed by atoms with Crippen LogP contribution in [0.5, 0.6) is 0 Å². The predicted molar refractivity (Wildman–Crippen MR) is 489 cm³/mol. The summed E-state index contributed by atoms with van der Waals surface area (Å²) in [5, 5.41) is 44.4. The third-order valence-electron chi connectivity index (χ3n) is 23.5. The maximum atomic E-state index is 15.7. The smallest absolute Gasteiger partial charge is 0.246 e. The van der Waals surface area contributed by atoms with Crippen LogP contribution in [0.3, 0.4) is 0 Å². The molecule has 14 amide bonds. The number of nitrogens with one attached hydrogen (secondary N) is 13. The molecule has 131 heavy (non-hydrogen) atoms. The zero-order chi connectivity index (χ0) is 95.7. The molecule has 2 fully saturated rings. The van der Waals surface area contributed by atoms with Gasteiger partial charge in [-0.1, -0.05) is 120 Å². The Labute approximate surface area is 764 Å². The molecule has 40 heteroatoms. The van der Waals surface area contributed by atoms with Crippen LogP contribution in [0.2, 0.25) is 0 Å². The summed E-state index contributed by atoms with van der Waals surface area (Å²) in [6, 6.07) is 6.58. The number of carbonyl (C=O) groups is 17. The lowest BCUT2D eigenvalue weighted by Gasteiger charge is -2.36. The van der Waals surface area contributed by atoms with Gasteiger partial charge in [0.1, 0.15) is 48.3 Å². The Morgan fingerprint density at radius 3 is 1.74 bits per heavy atom. The van der Waals surface area contributed by atoms with Crippen molar-refractivity contribution in [1.82, 2.24) is 87.4 Å². The standard InChI is InChI=1S/C91H127N21O18S/c1-9-11-29-71-75(115)41-55(24-20-34-97-91(94)95)82(122)108-70(74(114)32-33-77(92)117)49-131-50-80(120)103-64(37-54-22-14-13-15-23-54)84(124)101-53(5)81(121)104-68(43-78(93)118)89(129)112-35-21-31-72(112)76(116)42-56(38-59-46-96-51-100-59)83(123)105-66(36-52(3)4)87(127)109(6)47-79(119)102-65(39-57-44-98-62-27-18-16-25-60(57)62)85(125)107-69(48-113)86(126)106-67(40-58-45-99-63-28-19-17-26-61(58)63)88(128)111(8)73(30-12-10-2)90(130)110(71)7/h13-19,22-23,25-28,44-46,51-53,55-56,64-73,98-99,113H,9-12,20-21,24,29-43,47-50H2,1-8H3,(H2,92,117)(H2,93,118)(H,96,100)(H,101,124)(H,102,119)(H,103,120)(H,104,121)(H,105,123)(H,106,126)(H,107,125)(H,108,122)(H4,94,95,97)/t53-,55+,56+,64-,65-,66-,67-,68-,69-,70-,71-,72-,73-/m0/s1. The number of aromatic amines is 3. The van der Waals surface area contributed by atoms with Gasteiger partial charge in [-0.25, -0.2) is 4.98 Å². The zero-order valence-electron chi connectivity index (χ0n) is 75.5. The number of aliphatic hydroxyl groups excluding tert-OH is 1. The van der Waals surface area contributed by atoms with E-state index in [0.717, 1.165) is 16.7 Å². The van der Waals surface area contributed by atoms with E-state index in [1.807, 2.05) is 13.8 Å². The van der Waals surface area contributed by atoms with Gasteiger partial charge in [0.15, 0.2) is 23.3 Å². The van der Waals surface area contributed by atoms with Gasteiger partial charge in [-0.3, -0.25) is 86.9 Å². The number of likely N-dealkylation sites (N-methyl/N-ethyl adjacent to an activating group) is 3. The summed E-state index contributed by atoms with van der Waals surface area (Å²) in [6.45, 7) is 6.80. The maximum absolute atomic E-state index is 15.7. The number of hydrogen-bond donors (Lipinski definition) is 17. The Hall–Kier alpha value is -12.9. The van der Waals surface area contributed by atoms with Gasteiger partial charge < -0.3 is 105 Å². The first-order chi connectivity index (χ1) is 62.5. The van der Waals surface area contributed by atoms with E-state index in [1.165, 1.54) is 55.3 Å². The van der Waals surface area contributed by atoms with E-state index < -0.39 is 229 Å². The summed E-state index contributed by atoms with van der Waals surface area (Å²) in [5.74, 6) is -18.1. The average Bonchev–Trinajstić information content (AvgIpc) is 1.58. The van der Waals surface area contributed by atoms with E-state index in [2.05, 4.69) is 67.8 Å². The van der Waals surface area contributed by atoms with Crippen LogP contribution in [0, 0.1) is 23.2 Å². The number of Topliss-reactive ketones (excluding diaryl/α,β-unsaturated/α-hetero) is 3. The third kappa shape index (κ3) is 30.9. The van der Waals surface area contributed by atoms with E-state index in [9.17, 15) is 62.6 Å². The van der Waals surface area contributed by atoms with Crippen molar-refractivity contribution in [2.75, 3.05) is 58.9 Å². The first-order valence-corrected chi connectivity index (χ1v) is 45.7. The first-order valence-electron chi connectivity index (χ1n) is 44.5. The number of H-pyrrole nitrogens is 3. The molecule has 2 aliphatic rings. The molecule has 8 rings (SSSR count). The van der Waals surface area contributed by atoms with Crippen LogP contribution in [-0.2, 0) is 107 Å². The van der Waals surface area contributed by atoms with Crippen LogP contribution in [0.15, 0.2) is 104 Å². The zero-order valence-corrected chi connectivity index (χ0v) is 76.4. The number of guanidine groups is 1. The molecule has 13 atom stereocenters. The molecule has 2 aliphatic heterocycles. The molecule has 0 unspecified atom stereocenters. The lowest BCUT2D eigenvalue weighted by atomic mass is 9.90. The van der Waals surface area contributed by atoms with E-state index >= 15 is 24.0 Å². The van der Waals surface area contributed by atoms with Gasteiger partial charge >= 0.3 is 0 Å². The topological polar surface area (TPSA) is 594 Å².